The maximum atomic E-state index is 13.2. The van der Waals surface area contributed by atoms with Crippen molar-refractivity contribution in [1.82, 2.24) is 14.9 Å². The Morgan fingerprint density at radius 3 is 2.30 bits per heavy atom. The number of anilines is 1. The van der Waals surface area contributed by atoms with E-state index in [4.69, 9.17) is 4.98 Å². The number of hydrogen-bond donors (Lipinski definition) is 0. The number of aromatic nitrogens is 2. The number of pyridine rings is 2. The van der Waals surface area contributed by atoms with Crippen LogP contribution in [0.5, 0.6) is 0 Å². The smallest absolute Gasteiger partial charge is 0.0555 e. The second-order valence-corrected chi connectivity index (χ2v) is 10.7. The number of nitrogens with zero attached hydrogens (tertiary/aromatic N) is 4. The molecule has 0 unspecified atom stereocenters. The van der Waals surface area contributed by atoms with Crippen molar-refractivity contribution in [3.63, 3.8) is 0 Å². The van der Waals surface area contributed by atoms with Crippen molar-refractivity contribution < 1.29 is 28.9 Å². The average Bonchev–Trinajstić information content (AvgIpc) is 3.66. The summed E-state index contributed by atoms with van der Waals surface area (Å²) in [5.41, 5.74) is 7.89. The Balaban J connectivity index is 0.000000209. The van der Waals surface area contributed by atoms with Gasteiger partial charge in [0.25, 0.3) is 0 Å². The van der Waals surface area contributed by atoms with Crippen molar-refractivity contribution in [2.45, 2.75) is 5.41 Å². The third-order valence-corrected chi connectivity index (χ3v) is 7.91. The summed E-state index contributed by atoms with van der Waals surface area (Å²) in [5, 5.41) is 0. The van der Waals surface area contributed by atoms with Gasteiger partial charge in [-0.15, -0.1) is 34.5 Å². The molecule has 0 spiro atoms. The van der Waals surface area contributed by atoms with E-state index in [1.54, 1.807) is 24.4 Å². The van der Waals surface area contributed by atoms with Crippen LogP contribution in [0.2, 0.25) is 0 Å². The second-order valence-electron chi connectivity index (χ2n) is 10.7. The third-order valence-electron chi connectivity index (χ3n) is 7.91. The predicted octanol–water partition coefficient (Wildman–Crippen LogP) is 8.21. The first-order valence-electron chi connectivity index (χ1n) is 14.4. The average molecular weight is 781 g/mol. The molecule has 0 saturated carbocycles. The molecule has 1 aliphatic heterocycles. The van der Waals surface area contributed by atoms with Crippen molar-refractivity contribution in [1.29, 1.82) is 0 Å². The van der Waals surface area contributed by atoms with E-state index in [2.05, 4.69) is 94.8 Å². The van der Waals surface area contributed by atoms with Gasteiger partial charge in [0.15, 0.2) is 0 Å². The molecule has 6 aromatic rings. The summed E-state index contributed by atoms with van der Waals surface area (Å²) in [4.78, 5) is 12.9. The molecular weight excluding hydrogens is 755 g/mol. The van der Waals surface area contributed by atoms with E-state index >= 15 is 0 Å². The molecule has 0 saturated heterocycles. The zero-order valence-electron chi connectivity index (χ0n) is 24.7. The van der Waals surface area contributed by atoms with Crippen LogP contribution in [0, 0.1) is 36.5 Å². The van der Waals surface area contributed by atoms with Gasteiger partial charge in [0, 0.05) is 49.5 Å². The summed E-state index contributed by atoms with van der Waals surface area (Å²) in [6.45, 7) is 2.05. The molecule has 8 rings (SSSR count). The maximum absolute atomic E-state index is 13.2. The quantitative estimate of drug-likeness (QED) is 0.169. The fraction of sp³-hybridized carbons (Fsp3) is 0.0513. The third kappa shape index (κ3) is 5.53. The standard InChI is InChI=1S/C28H20N3.C11H6F2N.Ir/c1-30-17-18-31(20-30)22-10-8-9-21(19-22)28(27-15-6-7-16-29-27)25-13-4-2-11-23(25)24-12-3-5-14-26(24)28;12-8-4-5-9(10(13)7-8)11-3-1-2-6-14-11;/h2-13,15-18,20H,1H3;1-4,6-7H;/q-3;-1;/t28-;;/m1../s1. The van der Waals surface area contributed by atoms with Gasteiger partial charge in [-0.25, -0.2) is 0 Å². The molecule has 0 bridgehead atoms. The molecule has 4 aromatic carbocycles. The van der Waals surface area contributed by atoms with Crippen LogP contribution in [0.25, 0.3) is 22.4 Å². The Bertz CT molecular complexity index is 1950. The first-order chi connectivity index (χ1) is 22.1. The molecule has 46 heavy (non-hydrogen) atoms. The first kappa shape index (κ1) is 31.0. The van der Waals surface area contributed by atoms with Gasteiger partial charge in [-0.1, -0.05) is 59.7 Å². The molecule has 1 aliphatic carbocycles. The van der Waals surface area contributed by atoms with Gasteiger partial charge in [-0.3, -0.25) is 13.8 Å². The summed E-state index contributed by atoms with van der Waals surface area (Å²) < 4.78 is 25.8. The Kier molecular flexibility index (Phi) is 8.89. The summed E-state index contributed by atoms with van der Waals surface area (Å²) in [6, 6.07) is 44.2. The molecule has 0 N–H and O–H groups in total. The molecule has 2 aliphatic rings. The van der Waals surface area contributed by atoms with Crippen LogP contribution < -0.4 is 4.90 Å². The number of halogens is 2. The van der Waals surface area contributed by atoms with E-state index < -0.39 is 17.0 Å². The number of benzene rings is 4. The zero-order valence-corrected chi connectivity index (χ0v) is 27.1. The Hall–Kier alpha value is -4.97. The zero-order chi connectivity index (χ0) is 30.8. The Morgan fingerprint density at radius 1 is 0.783 bits per heavy atom. The first-order valence-corrected chi connectivity index (χ1v) is 14.4. The molecule has 4 nitrogen and oxygen atoms in total. The molecule has 1 radical (unpaired) electrons. The van der Waals surface area contributed by atoms with Crippen LogP contribution in [0.3, 0.4) is 0 Å². The van der Waals surface area contributed by atoms with Gasteiger partial charge in [-0.05, 0) is 48.9 Å². The van der Waals surface area contributed by atoms with Crippen molar-refractivity contribution in [3.05, 3.63) is 193 Å². The van der Waals surface area contributed by atoms with E-state index in [1.165, 1.54) is 16.7 Å². The topological polar surface area (TPSA) is 32.3 Å². The summed E-state index contributed by atoms with van der Waals surface area (Å²) in [6.07, 6.45) is 7.50. The molecule has 3 heterocycles. The van der Waals surface area contributed by atoms with Crippen LogP contribution in [0.4, 0.5) is 14.5 Å². The molecule has 229 valence electrons. The maximum Gasteiger partial charge on any atom is 0.0555 e. The van der Waals surface area contributed by atoms with Crippen molar-refractivity contribution >= 4 is 5.69 Å². The van der Waals surface area contributed by atoms with E-state index in [9.17, 15) is 8.78 Å². The number of rotatable bonds is 4. The fourth-order valence-corrected chi connectivity index (χ4v) is 5.99. The Labute approximate surface area is 281 Å². The van der Waals surface area contributed by atoms with Crippen LogP contribution in [-0.4, -0.2) is 21.9 Å². The van der Waals surface area contributed by atoms with Gasteiger partial charge >= 0.3 is 0 Å². The summed E-state index contributed by atoms with van der Waals surface area (Å²) >= 11 is 0. The minimum absolute atomic E-state index is 0. The van der Waals surface area contributed by atoms with Crippen molar-refractivity contribution in [2.24, 2.45) is 0 Å². The SMILES string of the molecule is CN1C=CN(c2[c-]c([C@]3(c4ccccn4)c4[c-]cccc4-c4ccccc43)ccc2)[CH-]1.Fc1c[c-]c(-c2ccccn2)c(F)c1.[Ir]. The van der Waals surface area contributed by atoms with Gasteiger partial charge in [0.1, 0.15) is 0 Å². The van der Waals surface area contributed by atoms with Gasteiger partial charge in [-0.2, -0.15) is 55.2 Å². The molecule has 7 heteroatoms. The van der Waals surface area contributed by atoms with E-state index in [0.29, 0.717) is 5.69 Å². The molecule has 0 fully saturated rings. The summed E-state index contributed by atoms with van der Waals surface area (Å²) in [7, 11) is 2.02. The fourth-order valence-electron chi connectivity index (χ4n) is 5.99. The normalized spacial score (nSPS) is 15.8. The van der Waals surface area contributed by atoms with Gasteiger partial charge in [0.2, 0.25) is 0 Å². The van der Waals surface area contributed by atoms with Crippen LogP contribution >= 0.6 is 0 Å². The Morgan fingerprint density at radius 2 is 1.57 bits per heavy atom. The van der Waals surface area contributed by atoms with E-state index in [0.717, 1.165) is 34.6 Å². The van der Waals surface area contributed by atoms with Gasteiger partial charge in [0.05, 0.1) is 5.69 Å². The number of hydrogen-bond acceptors (Lipinski definition) is 4. The van der Waals surface area contributed by atoms with Crippen molar-refractivity contribution in [2.75, 3.05) is 11.9 Å². The molecular formula is C39H26F2IrN4-4. The minimum atomic E-state index is -0.649. The van der Waals surface area contributed by atoms with Crippen LogP contribution in [0.15, 0.2) is 134 Å². The monoisotopic (exact) mass is 781 g/mol. The number of fused-ring (bicyclic) bond motifs is 3. The second kappa shape index (κ2) is 13.2. The van der Waals surface area contributed by atoms with Crippen LogP contribution in [0.1, 0.15) is 22.4 Å². The predicted molar refractivity (Wildman–Crippen MR) is 171 cm³/mol. The molecule has 2 aromatic heterocycles. The minimum Gasteiger partial charge on any atom is -0.510 e. The van der Waals surface area contributed by atoms with Crippen LogP contribution in [-0.2, 0) is 25.5 Å². The van der Waals surface area contributed by atoms with Crippen molar-refractivity contribution in [3.8, 4) is 22.4 Å². The largest absolute Gasteiger partial charge is 0.510 e. The molecule has 1 atom stereocenters. The van der Waals surface area contributed by atoms with E-state index in [-0.39, 0.29) is 25.7 Å². The van der Waals surface area contributed by atoms with E-state index in [1.807, 2.05) is 49.3 Å². The molecule has 0 amide bonds. The summed E-state index contributed by atoms with van der Waals surface area (Å²) in [5.74, 6) is -1.29. The van der Waals surface area contributed by atoms with Gasteiger partial charge < -0.3 is 14.8 Å².